The van der Waals surface area contributed by atoms with Crippen LogP contribution in [0.25, 0.3) is 0 Å². The van der Waals surface area contributed by atoms with E-state index in [0.29, 0.717) is 17.8 Å². The second-order valence-corrected chi connectivity index (χ2v) is 5.01. The van der Waals surface area contributed by atoms with E-state index in [1.807, 2.05) is 6.92 Å². The van der Waals surface area contributed by atoms with Crippen molar-refractivity contribution in [2.24, 2.45) is 5.73 Å². The zero-order valence-corrected chi connectivity index (χ0v) is 13.2. The summed E-state index contributed by atoms with van der Waals surface area (Å²) in [6.07, 6.45) is 4.53. The van der Waals surface area contributed by atoms with Gasteiger partial charge in [0.25, 0.3) is 0 Å². The third-order valence-electron chi connectivity index (χ3n) is 3.51. The third-order valence-corrected chi connectivity index (χ3v) is 3.51. The quantitative estimate of drug-likeness (QED) is 0.839. The lowest BCUT2D eigenvalue weighted by Crippen LogP contribution is -2.26. The number of carbonyl (C=O) groups excluding carboxylic acids is 1. The summed E-state index contributed by atoms with van der Waals surface area (Å²) in [7, 11) is 0. The maximum Gasteiger partial charge on any atom is 0.338 e. The molecule has 0 fully saturated rings. The molecule has 0 spiro atoms. The molecule has 6 heteroatoms. The Kier molecular flexibility index (Phi) is 5.36. The van der Waals surface area contributed by atoms with Gasteiger partial charge in [0.05, 0.1) is 18.1 Å². The van der Waals surface area contributed by atoms with E-state index in [-0.39, 0.29) is 18.1 Å². The lowest BCUT2D eigenvalue weighted by Gasteiger charge is -2.28. The van der Waals surface area contributed by atoms with Gasteiger partial charge < -0.3 is 15.2 Å². The first-order valence-corrected chi connectivity index (χ1v) is 7.51. The van der Waals surface area contributed by atoms with Gasteiger partial charge in [0.1, 0.15) is 17.4 Å². The number of hydrogen-bond donors (Lipinski definition) is 1. The normalized spacial score (nSPS) is 17.5. The van der Waals surface area contributed by atoms with Gasteiger partial charge in [0, 0.05) is 18.8 Å². The zero-order chi connectivity index (χ0) is 16.8. The highest BCUT2D eigenvalue weighted by molar-refractivity contribution is 5.92. The van der Waals surface area contributed by atoms with Gasteiger partial charge in [-0.05, 0) is 31.0 Å². The highest BCUT2D eigenvalue weighted by Gasteiger charge is 2.37. The summed E-state index contributed by atoms with van der Waals surface area (Å²) in [5, 5.41) is 9.48. The number of pyridine rings is 1. The average Bonchev–Trinajstić information content (AvgIpc) is 2.55. The molecule has 1 aliphatic heterocycles. The second kappa shape index (κ2) is 7.45. The highest BCUT2D eigenvalue weighted by atomic mass is 16.5. The van der Waals surface area contributed by atoms with Crippen molar-refractivity contribution >= 4 is 5.97 Å². The molecular weight excluding hydrogens is 294 g/mol. The van der Waals surface area contributed by atoms with Gasteiger partial charge in [0.2, 0.25) is 5.88 Å². The Morgan fingerprint density at radius 3 is 2.70 bits per heavy atom. The first-order chi connectivity index (χ1) is 11.1. The van der Waals surface area contributed by atoms with Gasteiger partial charge in [-0.2, -0.15) is 5.26 Å². The van der Waals surface area contributed by atoms with Crippen LogP contribution >= 0.6 is 0 Å². The molecule has 0 radical (unpaired) electrons. The lowest BCUT2D eigenvalue weighted by molar-refractivity contribution is -0.139. The largest absolute Gasteiger partial charge is 0.463 e. The minimum Gasteiger partial charge on any atom is -0.463 e. The van der Waals surface area contributed by atoms with E-state index in [1.54, 1.807) is 31.5 Å². The van der Waals surface area contributed by atoms with Crippen LogP contribution in [0, 0.1) is 11.3 Å². The van der Waals surface area contributed by atoms with Crippen LogP contribution in [0.4, 0.5) is 0 Å². The van der Waals surface area contributed by atoms with Gasteiger partial charge in [-0.25, -0.2) is 4.79 Å². The fourth-order valence-electron chi connectivity index (χ4n) is 2.55. The van der Waals surface area contributed by atoms with Gasteiger partial charge in [-0.3, -0.25) is 4.98 Å². The van der Waals surface area contributed by atoms with E-state index in [4.69, 9.17) is 15.2 Å². The molecular formula is C17H19N3O3. The summed E-state index contributed by atoms with van der Waals surface area (Å²) < 4.78 is 10.7. The van der Waals surface area contributed by atoms with Crippen molar-refractivity contribution in [2.45, 2.75) is 32.6 Å². The maximum absolute atomic E-state index is 12.5. The molecule has 1 aromatic heterocycles. The van der Waals surface area contributed by atoms with Crippen molar-refractivity contribution in [1.29, 1.82) is 5.26 Å². The fraction of sp³-hybridized carbons (Fsp3) is 0.353. The van der Waals surface area contributed by atoms with Crippen molar-refractivity contribution < 1.29 is 14.3 Å². The fourth-order valence-corrected chi connectivity index (χ4v) is 2.55. The number of rotatable bonds is 5. The smallest absolute Gasteiger partial charge is 0.338 e. The highest BCUT2D eigenvalue weighted by Crippen LogP contribution is 2.40. The molecule has 0 amide bonds. The number of nitrogens with zero attached hydrogens (tertiary/aromatic N) is 2. The van der Waals surface area contributed by atoms with Crippen LogP contribution in [0.3, 0.4) is 0 Å². The SMILES string of the molecule is CCCC1=C(C(=O)OCC)[C@H](c2ccncc2)C(C#N)=C(N)O1. The Labute approximate surface area is 135 Å². The van der Waals surface area contributed by atoms with Crippen LogP contribution < -0.4 is 5.73 Å². The first kappa shape index (κ1) is 16.6. The van der Waals surface area contributed by atoms with Crippen molar-refractivity contribution in [2.75, 3.05) is 6.61 Å². The summed E-state index contributed by atoms with van der Waals surface area (Å²) >= 11 is 0. The molecule has 0 bridgehead atoms. The zero-order valence-electron chi connectivity index (χ0n) is 13.2. The molecule has 120 valence electrons. The molecule has 2 rings (SSSR count). The number of aromatic nitrogens is 1. The van der Waals surface area contributed by atoms with Crippen LogP contribution in [0.15, 0.2) is 47.3 Å². The van der Waals surface area contributed by atoms with Gasteiger partial charge >= 0.3 is 5.97 Å². The van der Waals surface area contributed by atoms with Crippen molar-refractivity contribution in [3.63, 3.8) is 0 Å². The number of carbonyl (C=O) groups is 1. The molecule has 1 aromatic rings. The minimum atomic E-state index is -0.600. The summed E-state index contributed by atoms with van der Waals surface area (Å²) in [4.78, 5) is 16.5. The molecule has 0 aromatic carbocycles. The number of nitrogens with two attached hydrogens (primary N) is 1. The second-order valence-electron chi connectivity index (χ2n) is 5.01. The summed E-state index contributed by atoms with van der Waals surface area (Å²) in [6, 6.07) is 5.57. The number of ether oxygens (including phenoxy) is 2. The van der Waals surface area contributed by atoms with E-state index in [2.05, 4.69) is 11.1 Å². The van der Waals surface area contributed by atoms with Crippen LogP contribution in [0.1, 0.15) is 38.2 Å². The first-order valence-electron chi connectivity index (χ1n) is 7.51. The Balaban J connectivity index is 2.62. The van der Waals surface area contributed by atoms with E-state index >= 15 is 0 Å². The van der Waals surface area contributed by atoms with Crippen LogP contribution in [0.5, 0.6) is 0 Å². The Morgan fingerprint density at radius 2 is 2.13 bits per heavy atom. The molecule has 2 N–H and O–H groups in total. The molecule has 23 heavy (non-hydrogen) atoms. The number of allylic oxidation sites excluding steroid dienone is 2. The molecule has 1 aliphatic rings. The third kappa shape index (κ3) is 3.34. The number of hydrogen-bond acceptors (Lipinski definition) is 6. The summed E-state index contributed by atoms with van der Waals surface area (Å²) in [5.74, 6) is -0.592. The topological polar surface area (TPSA) is 98.2 Å². The molecule has 0 saturated heterocycles. The molecule has 0 saturated carbocycles. The van der Waals surface area contributed by atoms with Gasteiger partial charge in [-0.15, -0.1) is 0 Å². The van der Waals surface area contributed by atoms with E-state index in [9.17, 15) is 10.1 Å². The molecule has 0 aliphatic carbocycles. The summed E-state index contributed by atoms with van der Waals surface area (Å²) in [5.41, 5.74) is 7.20. The maximum atomic E-state index is 12.5. The van der Waals surface area contributed by atoms with Crippen molar-refractivity contribution in [1.82, 2.24) is 4.98 Å². The minimum absolute atomic E-state index is 0.0332. The predicted octanol–water partition coefficient (Wildman–Crippen LogP) is 2.51. The monoisotopic (exact) mass is 313 g/mol. The van der Waals surface area contributed by atoms with Gasteiger partial charge in [-0.1, -0.05) is 6.92 Å². The van der Waals surface area contributed by atoms with Crippen LogP contribution in [-0.4, -0.2) is 17.6 Å². The van der Waals surface area contributed by atoms with E-state index < -0.39 is 11.9 Å². The molecule has 6 nitrogen and oxygen atoms in total. The summed E-state index contributed by atoms with van der Waals surface area (Å²) in [6.45, 7) is 3.95. The van der Waals surface area contributed by atoms with E-state index in [1.165, 1.54) is 0 Å². The van der Waals surface area contributed by atoms with E-state index in [0.717, 1.165) is 12.0 Å². The van der Waals surface area contributed by atoms with Crippen LogP contribution in [-0.2, 0) is 14.3 Å². The standard InChI is InChI=1S/C17H19N3O3/c1-3-5-13-15(17(21)22-4-2)14(11-6-8-20-9-7-11)12(10-18)16(19)23-13/h6-9,14H,3-5,19H2,1-2H3/t14-/m1/s1. The predicted molar refractivity (Wildman–Crippen MR) is 83.5 cm³/mol. The van der Waals surface area contributed by atoms with Crippen LogP contribution in [0.2, 0.25) is 0 Å². The molecule has 2 heterocycles. The molecule has 1 atom stereocenters. The molecule has 0 unspecified atom stereocenters. The average molecular weight is 313 g/mol. The van der Waals surface area contributed by atoms with Crippen molar-refractivity contribution in [3.05, 3.63) is 52.9 Å². The van der Waals surface area contributed by atoms with Crippen molar-refractivity contribution in [3.8, 4) is 6.07 Å². The number of esters is 1. The Morgan fingerprint density at radius 1 is 1.43 bits per heavy atom. The number of nitriles is 1. The lowest BCUT2D eigenvalue weighted by atomic mass is 9.83. The Hall–Kier alpha value is -2.81. The van der Waals surface area contributed by atoms with Gasteiger partial charge in [0.15, 0.2) is 0 Å². The Bertz CT molecular complexity index is 687.